The summed E-state index contributed by atoms with van der Waals surface area (Å²) in [6.45, 7) is 5.02. The second-order valence-corrected chi connectivity index (χ2v) is 4.26. The lowest BCUT2D eigenvalue weighted by Crippen LogP contribution is -2.05. The van der Waals surface area contributed by atoms with Crippen LogP contribution >= 0.6 is 11.6 Å². The summed E-state index contributed by atoms with van der Waals surface area (Å²) >= 11 is 6.09. The third-order valence-corrected chi connectivity index (χ3v) is 3.25. The van der Waals surface area contributed by atoms with Crippen LogP contribution in [0.15, 0.2) is 12.1 Å². The highest BCUT2D eigenvalue weighted by atomic mass is 35.5. The van der Waals surface area contributed by atoms with Gasteiger partial charge in [0.05, 0.1) is 5.52 Å². The van der Waals surface area contributed by atoms with E-state index in [0.717, 1.165) is 22.6 Å². The van der Waals surface area contributed by atoms with E-state index in [1.165, 1.54) is 16.6 Å². The molecule has 0 bridgehead atoms. The Bertz CT molecular complexity index is 500. The SMILES string of the molecule is CNCc1c(C)[nH]c2c(C)c(Cl)ccc12. The molecule has 2 N–H and O–H groups in total. The molecule has 2 aromatic rings. The van der Waals surface area contributed by atoms with Crippen LogP contribution in [0.4, 0.5) is 0 Å². The number of rotatable bonds is 2. The smallest absolute Gasteiger partial charge is 0.0504 e. The van der Waals surface area contributed by atoms with Crippen molar-refractivity contribution in [3.8, 4) is 0 Å². The molecule has 3 heteroatoms. The molecule has 80 valence electrons. The maximum atomic E-state index is 6.09. The van der Waals surface area contributed by atoms with E-state index in [9.17, 15) is 0 Å². The zero-order valence-corrected chi connectivity index (χ0v) is 10.00. The Kier molecular flexibility index (Phi) is 2.72. The zero-order valence-electron chi connectivity index (χ0n) is 9.24. The van der Waals surface area contributed by atoms with Crippen LogP contribution in [0.5, 0.6) is 0 Å². The molecule has 0 unspecified atom stereocenters. The molecule has 0 fully saturated rings. The molecule has 0 saturated heterocycles. The van der Waals surface area contributed by atoms with Gasteiger partial charge in [-0.15, -0.1) is 0 Å². The van der Waals surface area contributed by atoms with E-state index in [-0.39, 0.29) is 0 Å². The Labute approximate surface area is 94.6 Å². The van der Waals surface area contributed by atoms with Crippen LogP contribution < -0.4 is 5.32 Å². The van der Waals surface area contributed by atoms with Crippen LogP contribution in [0.2, 0.25) is 5.02 Å². The third-order valence-electron chi connectivity index (χ3n) is 2.84. The summed E-state index contributed by atoms with van der Waals surface area (Å²) in [7, 11) is 1.96. The van der Waals surface area contributed by atoms with Gasteiger partial charge in [-0.1, -0.05) is 17.7 Å². The Morgan fingerprint density at radius 3 is 2.73 bits per heavy atom. The van der Waals surface area contributed by atoms with Crippen molar-refractivity contribution in [2.45, 2.75) is 20.4 Å². The fourth-order valence-electron chi connectivity index (χ4n) is 1.97. The molecule has 0 aliphatic heterocycles. The first-order valence-corrected chi connectivity index (χ1v) is 5.43. The summed E-state index contributed by atoms with van der Waals surface area (Å²) in [5.74, 6) is 0. The highest BCUT2D eigenvalue weighted by Gasteiger charge is 2.10. The molecule has 0 saturated carbocycles. The normalized spacial score (nSPS) is 11.2. The molecule has 0 spiro atoms. The minimum Gasteiger partial charge on any atom is -0.358 e. The van der Waals surface area contributed by atoms with Gasteiger partial charge in [-0.3, -0.25) is 0 Å². The van der Waals surface area contributed by atoms with Crippen molar-refractivity contribution >= 4 is 22.5 Å². The average molecular weight is 223 g/mol. The number of benzene rings is 1. The molecule has 1 heterocycles. The van der Waals surface area contributed by atoms with Gasteiger partial charge < -0.3 is 10.3 Å². The number of aryl methyl sites for hydroxylation is 2. The van der Waals surface area contributed by atoms with Gasteiger partial charge in [0.25, 0.3) is 0 Å². The van der Waals surface area contributed by atoms with Crippen molar-refractivity contribution in [1.29, 1.82) is 0 Å². The summed E-state index contributed by atoms with van der Waals surface area (Å²) in [4.78, 5) is 3.40. The number of H-pyrrole nitrogens is 1. The number of hydrogen-bond acceptors (Lipinski definition) is 1. The van der Waals surface area contributed by atoms with E-state index < -0.39 is 0 Å². The zero-order chi connectivity index (χ0) is 11.0. The maximum absolute atomic E-state index is 6.09. The van der Waals surface area contributed by atoms with Gasteiger partial charge in [0.15, 0.2) is 0 Å². The number of aromatic nitrogens is 1. The topological polar surface area (TPSA) is 27.8 Å². The first-order valence-electron chi connectivity index (χ1n) is 5.06. The van der Waals surface area contributed by atoms with E-state index >= 15 is 0 Å². The van der Waals surface area contributed by atoms with Crippen LogP contribution in [0.1, 0.15) is 16.8 Å². The molecule has 15 heavy (non-hydrogen) atoms. The first-order chi connectivity index (χ1) is 7.15. The first kappa shape index (κ1) is 10.5. The molecule has 2 rings (SSSR count). The summed E-state index contributed by atoms with van der Waals surface area (Å²) in [5, 5.41) is 5.27. The van der Waals surface area contributed by atoms with Crippen LogP contribution in [0, 0.1) is 13.8 Å². The Hall–Kier alpha value is -0.990. The van der Waals surface area contributed by atoms with E-state index in [4.69, 9.17) is 11.6 Å². The fraction of sp³-hybridized carbons (Fsp3) is 0.333. The van der Waals surface area contributed by atoms with Crippen LogP contribution in [-0.4, -0.2) is 12.0 Å². The predicted molar refractivity (Wildman–Crippen MR) is 65.5 cm³/mol. The maximum Gasteiger partial charge on any atom is 0.0504 e. The minimum atomic E-state index is 0.819. The fourth-order valence-corrected chi connectivity index (χ4v) is 2.13. The van der Waals surface area contributed by atoms with Gasteiger partial charge in [-0.05, 0) is 38.1 Å². The number of nitrogens with one attached hydrogen (secondary N) is 2. The second kappa shape index (κ2) is 3.87. The number of fused-ring (bicyclic) bond motifs is 1. The lowest BCUT2D eigenvalue weighted by atomic mass is 10.1. The molecular weight excluding hydrogens is 208 g/mol. The number of hydrogen-bond donors (Lipinski definition) is 2. The predicted octanol–water partition coefficient (Wildman–Crippen LogP) is 3.16. The molecule has 1 aromatic heterocycles. The van der Waals surface area contributed by atoms with E-state index in [2.05, 4.69) is 23.3 Å². The Balaban J connectivity index is 2.73. The minimum absolute atomic E-state index is 0.819. The lowest BCUT2D eigenvalue weighted by molar-refractivity contribution is 0.817. The highest BCUT2D eigenvalue weighted by molar-refractivity contribution is 6.32. The van der Waals surface area contributed by atoms with Crippen molar-refractivity contribution in [1.82, 2.24) is 10.3 Å². The molecule has 0 aliphatic carbocycles. The van der Waals surface area contributed by atoms with Crippen molar-refractivity contribution < 1.29 is 0 Å². The van der Waals surface area contributed by atoms with E-state index in [1.54, 1.807) is 0 Å². The van der Waals surface area contributed by atoms with Gasteiger partial charge in [-0.2, -0.15) is 0 Å². The number of halogens is 1. The Morgan fingerprint density at radius 2 is 2.07 bits per heavy atom. The standard InChI is InChI=1S/C12H15ClN2/c1-7-11(13)5-4-9-10(6-14-3)8(2)15-12(7)9/h4-5,14-15H,6H2,1-3H3. The summed E-state index contributed by atoms with van der Waals surface area (Å²) in [5.41, 5.74) is 4.82. The molecular formula is C12H15ClN2. The van der Waals surface area contributed by atoms with E-state index in [0.29, 0.717) is 0 Å². The van der Waals surface area contributed by atoms with Crippen LogP contribution in [-0.2, 0) is 6.54 Å². The van der Waals surface area contributed by atoms with Gasteiger partial charge in [-0.25, -0.2) is 0 Å². The molecule has 0 aliphatic rings. The largest absolute Gasteiger partial charge is 0.358 e. The molecule has 1 aromatic carbocycles. The highest BCUT2D eigenvalue weighted by Crippen LogP contribution is 2.28. The molecule has 2 nitrogen and oxygen atoms in total. The summed E-state index contributed by atoms with van der Waals surface area (Å²) in [6.07, 6.45) is 0. The van der Waals surface area contributed by atoms with Gasteiger partial charge >= 0.3 is 0 Å². The van der Waals surface area contributed by atoms with Gasteiger partial charge in [0.1, 0.15) is 0 Å². The van der Waals surface area contributed by atoms with Crippen LogP contribution in [0.25, 0.3) is 10.9 Å². The second-order valence-electron chi connectivity index (χ2n) is 3.85. The lowest BCUT2D eigenvalue weighted by Gasteiger charge is -2.01. The van der Waals surface area contributed by atoms with Crippen LogP contribution in [0.3, 0.4) is 0 Å². The quantitative estimate of drug-likeness (QED) is 0.803. The Morgan fingerprint density at radius 1 is 1.33 bits per heavy atom. The van der Waals surface area contributed by atoms with Crippen molar-refractivity contribution in [3.63, 3.8) is 0 Å². The average Bonchev–Trinajstić information content (AvgIpc) is 2.52. The number of aromatic amines is 1. The van der Waals surface area contributed by atoms with Gasteiger partial charge in [0.2, 0.25) is 0 Å². The summed E-state index contributed by atoms with van der Waals surface area (Å²) in [6, 6.07) is 4.05. The molecule has 0 atom stereocenters. The molecule has 0 amide bonds. The summed E-state index contributed by atoms with van der Waals surface area (Å²) < 4.78 is 0. The molecule has 0 radical (unpaired) electrons. The third kappa shape index (κ3) is 1.64. The van der Waals surface area contributed by atoms with Crippen molar-refractivity contribution in [2.75, 3.05) is 7.05 Å². The monoisotopic (exact) mass is 222 g/mol. The van der Waals surface area contributed by atoms with Crippen molar-refractivity contribution in [3.05, 3.63) is 34.0 Å². The van der Waals surface area contributed by atoms with E-state index in [1.807, 2.05) is 20.0 Å². The van der Waals surface area contributed by atoms with Crippen molar-refractivity contribution in [2.24, 2.45) is 0 Å². The van der Waals surface area contributed by atoms with Gasteiger partial charge in [0, 0.05) is 22.6 Å².